The van der Waals surface area contributed by atoms with Gasteiger partial charge in [-0.15, -0.1) is 0 Å². The highest BCUT2D eigenvalue weighted by molar-refractivity contribution is 7.89. The molecule has 0 saturated heterocycles. The summed E-state index contributed by atoms with van der Waals surface area (Å²) in [6.07, 6.45) is 0. The Bertz CT molecular complexity index is 888. The molecule has 1 N–H and O–H groups in total. The van der Waals surface area contributed by atoms with Crippen LogP contribution in [0, 0.1) is 5.82 Å². The van der Waals surface area contributed by atoms with E-state index < -0.39 is 28.3 Å². The lowest BCUT2D eigenvalue weighted by Crippen LogP contribution is -2.38. The second-order valence-corrected chi connectivity index (χ2v) is 7.62. The van der Waals surface area contributed by atoms with E-state index in [1.807, 2.05) is 0 Å². The lowest BCUT2D eigenvalue weighted by atomic mass is 10.3. The first-order valence-corrected chi connectivity index (χ1v) is 9.49. The van der Waals surface area contributed by atoms with E-state index in [0.717, 1.165) is 16.4 Å². The van der Waals surface area contributed by atoms with Crippen molar-refractivity contribution in [1.29, 1.82) is 0 Å². The molecule has 1 amide bonds. The number of benzene rings is 2. The van der Waals surface area contributed by atoms with Gasteiger partial charge in [0.15, 0.2) is 0 Å². The molecule has 0 fully saturated rings. The molecule has 0 unspecified atom stereocenters. The molecular formula is C17H18ClFN2O4S. The third-order valence-corrected chi connectivity index (χ3v) is 5.74. The summed E-state index contributed by atoms with van der Waals surface area (Å²) in [5.74, 6) is -1.25. The molecule has 0 bridgehead atoms. The zero-order valence-corrected chi connectivity index (χ0v) is 15.8. The fourth-order valence-corrected chi connectivity index (χ4v) is 3.95. The zero-order valence-electron chi connectivity index (χ0n) is 14.2. The van der Waals surface area contributed by atoms with Gasteiger partial charge in [0.1, 0.15) is 16.5 Å². The second kappa shape index (κ2) is 8.48. The highest BCUT2D eigenvalue weighted by Gasteiger charge is 2.29. The molecular weight excluding hydrogens is 383 g/mol. The van der Waals surface area contributed by atoms with E-state index in [4.69, 9.17) is 16.3 Å². The highest BCUT2D eigenvalue weighted by Crippen LogP contribution is 2.27. The van der Waals surface area contributed by atoms with Crippen molar-refractivity contribution in [3.05, 3.63) is 53.3 Å². The van der Waals surface area contributed by atoms with Crippen LogP contribution < -0.4 is 10.1 Å². The fraction of sp³-hybridized carbons (Fsp3) is 0.235. The van der Waals surface area contributed by atoms with E-state index in [0.29, 0.717) is 10.7 Å². The Balaban J connectivity index is 2.22. The third kappa shape index (κ3) is 4.72. The molecule has 2 aromatic carbocycles. The van der Waals surface area contributed by atoms with Gasteiger partial charge in [-0.3, -0.25) is 4.79 Å². The zero-order chi connectivity index (χ0) is 19.3. The maximum Gasteiger partial charge on any atom is 0.247 e. The van der Waals surface area contributed by atoms with Crippen molar-refractivity contribution >= 4 is 33.2 Å². The van der Waals surface area contributed by atoms with Crippen LogP contribution in [0.25, 0.3) is 0 Å². The molecule has 0 spiro atoms. The molecule has 6 nitrogen and oxygen atoms in total. The van der Waals surface area contributed by atoms with Crippen LogP contribution in [0.1, 0.15) is 6.92 Å². The Morgan fingerprint density at radius 3 is 2.46 bits per heavy atom. The number of halogens is 2. The number of nitrogens with zero attached hydrogens (tertiary/aromatic N) is 1. The standard InChI is InChI=1S/C17H18ClFN2O4S/c1-3-21(11-17(22)20-14-7-4-12(18)5-8-14)26(23,24)16-10-13(19)6-9-15(16)25-2/h4-10H,3,11H2,1-2H3,(H,20,22). The third-order valence-electron chi connectivity index (χ3n) is 3.54. The van der Waals surface area contributed by atoms with Crippen LogP contribution in [0.4, 0.5) is 10.1 Å². The second-order valence-electron chi connectivity index (χ2n) is 5.28. The minimum atomic E-state index is -4.12. The van der Waals surface area contributed by atoms with Gasteiger partial charge in [0.2, 0.25) is 15.9 Å². The first-order chi connectivity index (χ1) is 12.3. The highest BCUT2D eigenvalue weighted by atomic mass is 35.5. The Kier molecular flexibility index (Phi) is 6.57. The van der Waals surface area contributed by atoms with Crippen molar-refractivity contribution < 1.29 is 22.3 Å². The Hall–Kier alpha value is -2.16. The molecule has 9 heteroatoms. The van der Waals surface area contributed by atoms with Gasteiger partial charge < -0.3 is 10.1 Å². The van der Waals surface area contributed by atoms with Gasteiger partial charge in [0.05, 0.1) is 13.7 Å². The van der Waals surface area contributed by atoms with Gasteiger partial charge in [-0.25, -0.2) is 12.8 Å². The van der Waals surface area contributed by atoms with Gasteiger partial charge >= 0.3 is 0 Å². The van der Waals surface area contributed by atoms with Crippen LogP contribution in [-0.4, -0.2) is 38.8 Å². The van der Waals surface area contributed by atoms with Crippen LogP contribution in [0.5, 0.6) is 5.75 Å². The number of likely N-dealkylation sites (N-methyl/N-ethyl adjacent to an activating group) is 1. The van der Waals surface area contributed by atoms with Crippen LogP contribution in [-0.2, 0) is 14.8 Å². The van der Waals surface area contributed by atoms with Crippen molar-refractivity contribution in [2.75, 3.05) is 25.5 Å². The first-order valence-electron chi connectivity index (χ1n) is 7.67. The van der Waals surface area contributed by atoms with Gasteiger partial charge in [0, 0.05) is 17.3 Å². The normalized spacial score (nSPS) is 11.4. The predicted octanol–water partition coefficient (Wildman–Crippen LogP) is 3.14. The summed E-state index contributed by atoms with van der Waals surface area (Å²) in [5.41, 5.74) is 0.483. The molecule has 140 valence electrons. The number of nitrogens with one attached hydrogen (secondary N) is 1. The average molecular weight is 401 g/mol. The number of sulfonamides is 1. The molecule has 0 aliphatic heterocycles. The number of ether oxygens (including phenoxy) is 1. The maximum atomic E-state index is 13.5. The molecule has 2 rings (SSSR count). The Labute approximate surface area is 156 Å². The summed E-state index contributed by atoms with van der Waals surface area (Å²) in [6.45, 7) is 1.18. The van der Waals surface area contributed by atoms with E-state index in [2.05, 4.69) is 5.32 Å². The predicted molar refractivity (Wildman–Crippen MR) is 97.5 cm³/mol. The van der Waals surface area contributed by atoms with Crippen molar-refractivity contribution in [2.24, 2.45) is 0 Å². The summed E-state index contributed by atoms with van der Waals surface area (Å²) < 4.78 is 45.1. The Morgan fingerprint density at radius 2 is 1.88 bits per heavy atom. The van der Waals surface area contributed by atoms with Crippen LogP contribution in [0.15, 0.2) is 47.4 Å². The summed E-state index contributed by atoms with van der Waals surface area (Å²) in [5, 5.41) is 3.10. The fourth-order valence-electron chi connectivity index (χ4n) is 2.25. The molecule has 0 aliphatic rings. The number of carbonyl (C=O) groups is 1. The SMILES string of the molecule is CCN(CC(=O)Nc1ccc(Cl)cc1)S(=O)(=O)c1cc(F)ccc1OC. The first kappa shape index (κ1) is 20.2. The quantitative estimate of drug-likeness (QED) is 0.774. The molecule has 0 aromatic heterocycles. The summed E-state index contributed by atoms with van der Waals surface area (Å²) in [6, 6.07) is 9.59. The topological polar surface area (TPSA) is 75.7 Å². The van der Waals surface area contributed by atoms with Gasteiger partial charge in [0.25, 0.3) is 0 Å². The van der Waals surface area contributed by atoms with E-state index in [1.54, 1.807) is 31.2 Å². The number of methoxy groups -OCH3 is 1. The minimum absolute atomic E-state index is 0.00274. The molecule has 2 aromatic rings. The molecule has 0 heterocycles. The number of amides is 1. The molecule has 0 radical (unpaired) electrons. The minimum Gasteiger partial charge on any atom is -0.495 e. The summed E-state index contributed by atoms with van der Waals surface area (Å²) in [7, 11) is -2.84. The smallest absolute Gasteiger partial charge is 0.247 e. The van der Waals surface area contributed by atoms with E-state index in [9.17, 15) is 17.6 Å². The van der Waals surface area contributed by atoms with Crippen LogP contribution in [0.2, 0.25) is 5.02 Å². The van der Waals surface area contributed by atoms with E-state index in [1.165, 1.54) is 13.2 Å². The monoisotopic (exact) mass is 400 g/mol. The van der Waals surface area contributed by atoms with Crippen molar-refractivity contribution in [2.45, 2.75) is 11.8 Å². The number of carbonyl (C=O) groups excluding carboxylic acids is 1. The van der Waals surface area contributed by atoms with Gasteiger partial charge in [-0.1, -0.05) is 18.5 Å². The molecule has 0 saturated carbocycles. The number of anilines is 1. The van der Waals surface area contributed by atoms with Gasteiger partial charge in [-0.05, 0) is 42.5 Å². The lowest BCUT2D eigenvalue weighted by molar-refractivity contribution is -0.116. The van der Waals surface area contributed by atoms with Crippen molar-refractivity contribution in [3.8, 4) is 5.75 Å². The van der Waals surface area contributed by atoms with E-state index >= 15 is 0 Å². The Morgan fingerprint density at radius 1 is 1.23 bits per heavy atom. The largest absolute Gasteiger partial charge is 0.495 e. The number of hydrogen-bond donors (Lipinski definition) is 1. The average Bonchev–Trinajstić information content (AvgIpc) is 2.61. The lowest BCUT2D eigenvalue weighted by Gasteiger charge is -2.21. The van der Waals surface area contributed by atoms with E-state index in [-0.39, 0.29) is 17.2 Å². The summed E-state index contributed by atoms with van der Waals surface area (Å²) in [4.78, 5) is 11.9. The molecule has 0 atom stereocenters. The number of hydrogen-bond acceptors (Lipinski definition) is 4. The van der Waals surface area contributed by atoms with Crippen LogP contribution in [0.3, 0.4) is 0 Å². The molecule has 26 heavy (non-hydrogen) atoms. The molecule has 0 aliphatic carbocycles. The summed E-state index contributed by atoms with van der Waals surface area (Å²) >= 11 is 5.78. The van der Waals surface area contributed by atoms with Gasteiger partial charge in [-0.2, -0.15) is 4.31 Å². The number of rotatable bonds is 7. The van der Waals surface area contributed by atoms with Crippen LogP contribution >= 0.6 is 11.6 Å². The van der Waals surface area contributed by atoms with Crippen molar-refractivity contribution in [1.82, 2.24) is 4.31 Å². The van der Waals surface area contributed by atoms with Crippen molar-refractivity contribution in [3.63, 3.8) is 0 Å². The maximum absolute atomic E-state index is 13.5.